The number of hydrogen-bond donors (Lipinski definition) is 1. The standard InChI is InChI=1S/C14H16Br2N2/c1-2-3-4-5-9-6-11-12(16)7-10(15)8-13(11)18-14(9)17/h6-8H,2-5H2,1H3,(H2,17,18). The third-order valence-electron chi connectivity index (χ3n) is 3.01. The third-order valence-corrected chi connectivity index (χ3v) is 4.12. The maximum absolute atomic E-state index is 6.03. The van der Waals surface area contributed by atoms with E-state index in [1.165, 1.54) is 19.3 Å². The Morgan fingerprint density at radius 3 is 2.67 bits per heavy atom. The van der Waals surface area contributed by atoms with E-state index in [1.807, 2.05) is 12.1 Å². The highest BCUT2D eigenvalue weighted by atomic mass is 79.9. The van der Waals surface area contributed by atoms with Crippen LogP contribution in [0.1, 0.15) is 31.7 Å². The summed E-state index contributed by atoms with van der Waals surface area (Å²) < 4.78 is 2.06. The molecule has 0 radical (unpaired) electrons. The van der Waals surface area contributed by atoms with Gasteiger partial charge in [0.15, 0.2) is 0 Å². The maximum Gasteiger partial charge on any atom is 0.127 e. The van der Waals surface area contributed by atoms with Crippen molar-refractivity contribution in [1.82, 2.24) is 4.98 Å². The van der Waals surface area contributed by atoms with E-state index >= 15 is 0 Å². The first-order chi connectivity index (χ1) is 8.61. The van der Waals surface area contributed by atoms with Gasteiger partial charge in [0, 0.05) is 14.3 Å². The van der Waals surface area contributed by atoms with E-state index in [-0.39, 0.29) is 0 Å². The van der Waals surface area contributed by atoms with Gasteiger partial charge in [-0.05, 0) is 36.6 Å². The van der Waals surface area contributed by atoms with Gasteiger partial charge < -0.3 is 5.73 Å². The Balaban J connectivity index is 2.41. The Kier molecular flexibility index (Phi) is 4.62. The van der Waals surface area contributed by atoms with E-state index in [1.54, 1.807) is 0 Å². The van der Waals surface area contributed by atoms with E-state index in [4.69, 9.17) is 5.73 Å². The molecule has 0 saturated heterocycles. The second-order valence-electron chi connectivity index (χ2n) is 4.44. The molecule has 96 valence electrons. The maximum atomic E-state index is 6.03. The van der Waals surface area contributed by atoms with Gasteiger partial charge in [0.2, 0.25) is 0 Å². The summed E-state index contributed by atoms with van der Waals surface area (Å²) in [5.74, 6) is 0.656. The molecule has 18 heavy (non-hydrogen) atoms. The van der Waals surface area contributed by atoms with E-state index < -0.39 is 0 Å². The van der Waals surface area contributed by atoms with Crippen molar-refractivity contribution in [3.05, 3.63) is 32.7 Å². The van der Waals surface area contributed by atoms with Gasteiger partial charge in [-0.15, -0.1) is 0 Å². The summed E-state index contributed by atoms with van der Waals surface area (Å²) in [6, 6.07) is 6.19. The van der Waals surface area contributed by atoms with Crippen molar-refractivity contribution in [2.45, 2.75) is 32.6 Å². The van der Waals surface area contributed by atoms with Crippen molar-refractivity contribution >= 4 is 48.6 Å². The largest absolute Gasteiger partial charge is 0.383 e. The smallest absolute Gasteiger partial charge is 0.127 e. The average molecular weight is 372 g/mol. The van der Waals surface area contributed by atoms with E-state index in [9.17, 15) is 0 Å². The molecule has 0 atom stereocenters. The molecular formula is C14H16Br2N2. The number of benzene rings is 1. The normalized spacial score (nSPS) is 11.1. The number of aromatic nitrogens is 1. The van der Waals surface area contributed by atoms with Gasteiger partial charge >= 0.3 is 0 Å². The number of rotatable bonds is 4. The number of fused-ring (bicyclic) bond motifs is 1. The summed E-state index contributed by atoms with van der Waals surface area (Å²) in [4.78, 5) is 4.49. The van der Waals surface area contributed by atoms with Crippen LogP contribution in [0.5, 0.6) is 0 Å². The zero-order valence-electron chi connectivity index (χ0n) is 10.3. The predicted octanol–water partition coefficient (Wildman–Crippen LogP) is 5.07. The summed E-state index contributed by atoms with van der Waals surface area (Å²) >= 11 is 7.04. The van der Waals surface area contributed by atoms with Gasteiger partial charge in [0.1, 0.15) is 5.82 Å². The fourth-order valence-corrected chi connectivity index (χ4v) is 3.34. The summed E-state index contributed by atoms with van der Waals surface area (Å²) in [7, 11) is 0. The lowest BCUT2D eigenvalue weighted by Gasteiger charge is -2.08. The molecule has 0 unspecified atom stereocenters. The number of nitrogens with two attached hydrogens (primary N) is 1. The second-order valence-corrected chi connectivity index (χ2v) is 6.21. The first kappa shape index (κ1) is 13.8. The van der Waals surface area contributed by atoms with Crippen molar-refractivity contribution in [3.63, 3.8) is 0 Å². The molecule has 0 aliphatic rings. The lowest BCUT2D eigenvalue weighted by molar-refractivity contribution is 0.718. The fourth-order valence-electron chi connectivity index (χ4n) is 2.02. The molecule has 0 aliphatic carbocycles. The molecule has 2 nitrogen and oxygen atoms in total. The predicted molar refractivity (Wildman–Crippen MR) is 84.8 cm³/mol. The SMILES string of the molecule is CCCCCc1cc2c(Br)cc(Br)cc2nc1N. The van der Waals surface area contributed by atoms with Crippen LogP contribution >= 0.6 is 31.9 Å². The topological polar surface area (TPSA) is 38.9 Å². The number of nitrogen functional groups attached to an aromatic ring is 1. The van der Waals surface area contributed by atoms with Crippen LogP contribution in [-0.2, 0) is 6.42 Å². The van der Waals surface area contributed by atoms with Crippen LogP contribution in [0.25, 0.3) is 10.9 Å². The Hall–Kier alpha value is -0.610. The minimum atomic E-state index is 0.656. The molecule has 1 heterocycles. The van der Waals surface area contributed by atoms with Crippen molar-refractivity contribution in [2.75, 3.05) is 5.73 Å². The number of unbranched alkanes of at least 4 members (excludes halogenated alkanes) is 2. The van der Waals surface area contributed by atoms with Crippen LogP contribution in [0.3, 0.4) is 0 Å². The average Bonchev–Trinajstić information content (AvgIpc) is 2.30. The van der Waals surface area contributed by atoms with Gasteiger partial charge in [-0.2, -0.15) is 0 Å². The number of hydrogen-bond acceptors (Lipinski definition) is 2. The Bertz CT molecular complexity index is 567. The van der Waals surface area contributed by atoms with Gasteiger partial charge in [0.05, 0.1) is 5.52 Å². The molecule has 0 bridgehead atoms. The summed E-state index contributed by atoms with van der Waals surface area (Å²) in [5, 5.41) is 1.12. The van der Waals surface area contributed by atoms with Crippen molar-refractivity contribution in [3.8, 4) is 0 Å². The van der Waals surface area contributed by atoms with Crippen LogP contribution in [0, 0.1) is 0 Å². The molecule has 0 aliphatic heterocycles. The van der Waals surface area contributed by atoms with Crippen LogP contribution in [0.15, 0.2) is 27.1 Å². The van der Waals surface area contributed by atoms with E-state index in [0.717, 1.165) is 31.8 Å². The van der Waals surface area contributed by atoms with Crippen LogP contribution in [0.4, 0.5) is 5.82 Å². The Labute approximate surface area is 124 Å². The fraction of sp³-hybridized carbons (Fsp3) is 0.357. The zero-order valence-corrected chi connectivity index (χ0v) is 13.5. The van der Waals surface area contributed by atoms with Gasteiger partial charge in [-0.25, -0.2) is 4.98 Å². The Morgan fingerprint density at radius 1 is 1.17 bits per heavy atom. The van der Waals surface area contributed by atoms with Crippen LogP contribution in [-0.4, -0.2) is 4.98 Å². The molecule has 2 aromatic rings. The number of pyridine rings is 1. The Morgan fingerprint density at radius 2 is 1.94 bits per heavy atom. The molecule has 2 N–H and O–H groups in total. The highest BCUT2D eigenvalue weighted by Crippen LogP contribution is 2.30. The third kappa shape index (κ3) is 3.04. The van der Waals surface area contributed by atoms with E-state index in [0.29, 0.717) is 5.82 Å². The molecule has 0 fully saturated rings. The van der Waals surface area contributed by atoms with Gasteiger partial charge in [-0.1, -0.05) is 51.6 Å². The monoisotopic (exact) mass is 370 g/mol. The molecule has 1 aromatic carbocycles. The lowest BCUT2D eigenvalue weighted by atomic mass is 10.1. The number of nitrogens with zero attached hydrogens (tertiary/aromatic N) is 1. The zero-order chi connectivity index (χ0) is 13.1. The van der Waals surface area contributed by atoms with E-state index in [2.05, 4.69) is 49.8 Å². The van der Waals surface area contributed by atoms with Gasteiger partial charge in [0.25, 0.3) is 0 Å². The van der Waals surface area contributed by atoms with Crippen LogP contribution in [0.2, 0.25) is 0 Å². The quantitative estimate of drug-likeness (QED) is 0.761. The molecule has 4 heteroatoms. The molecule has 2 rings (SSSR count). The highest BCUT2D eigenvalue weighted by molar-refractivity contribution is 9.11. The molecule has 0 amide bonds. The lowest BCUT2D eigenvalue weighted by Crippen LogP contribution is -1.99. The van der Waals surface area contributed by atoms with Gasteiger partial charge in [-0.3, -0.25) is 0 Å². The summed E-state index contributed by atoms with van der Waals surface area (Å²) in [6.45, 7) is 2.20. The molecule has 1 aromatic heterocycles. The number of halogens is 2. The first-order valence-corrected chi connectivity index (χ1v) is 7.74. The minimum Gasteiger partial charge on any atom is -0.383 e. The van der Waals surface area contributed by atoms with Crippen LogP contribution < -0.4 is 5.73 Å². The number of aryl methyl sites for hydroxylation is 1. The highest BCUT2D eigenvalue weighted by Gasteiger charge is 2.07. The second kappa shape index (κ2) is 6.02. The first-order valence-electron chi connectivity index (χ1n) is 6.16. The van der Waals surface area contributed by atoms with Crippen molar-refractivity contribution in [1.29, 1.82) is 0 Å². The molecule has 0 spiro atoms. The number of anilines is 1. The summed E-state index contributed by atoms with van der Waals surface area (Å²) in [5.41, 5.74) is 8.10. The summed E-state index contributed by atoms with van der Waals surface area (Å²) in [6.07, 6.45) is 4.63. The van der Waals surface area contributed by atoms with Crippen molar-refractivity contribution in [2.24, 2.45) is 0 Å². The van der Waals surface area contributed by atoms with Crippen molar-refractivity contribution < 1.29 is 0 Å². The minimum absolute atomic E-state index is 0.656. The molecular weight excluding hydrogens is 356 g/mol. The molecule has 0 saturated carbocycles.